The predicted molar refractivity (Wildman–Crippen MR) is 101 cm³/mol. The van der Waals surface area contributed by atoms with Gasteiger partial charge in [-0.3, -0.25) is 4.79 Å². The molecule has 0 aliphatic carbocycles. The Labute approximate surface area is 155 Å². The molecule has 6 heteroatoms. The molecule has 126 valence electrons. The van der Waals surface area contributed by atoms with E-state index < -0.39 is 0 Å². The molecule has 2 heterocycles. The van der Waals surface area contributed by atoms with Crippen molar-refractivity contribution in [2.24, 2.45) is 0 Å². The van der Waals surface area contributed by atoms with Gasteiger partial charge in [-0.05, 0) is 37.1 Å². The lowest BCUT2D eigenvalue weighted by Gasteiger charge is -2.19. The summed E-state index contributed by atoms with van der Waals surface area (Å²) >= 11 is 4.89. The van der Waals surface area contributed by atoms with Crippen molar-refractivity contribution in [1.29, 1.82) is 0 Å². The van der Waals surface area contributed by atoms with E-state index in [2.05, 4.69) is 26.1 Å². The Morgan fingerprint density at radius 1 is 1.00 bits per heavy atom. The SMILES string of the molecule is O=C(CSc1ccc(-c2ccc(Br)cc2)nn1)N1CCCCCC1. The van der Waals surface area contributed by atoms with Crippen LogP contribution in [0.1, 0.15) is 25.7 Å². The number of nitrogens with zero attached hydrogens (tertiary/aromatic N) is 3. The van der Waals surface area contributed by atoms with Crippen molar-refractivity contribution in [2.45, 2.75) is 30.7 Å². The molecule has 1 amide bonds. The number of halogens is 1. The first-order valence-electron chi connectivity index (χ1n) is 8.22. The molecule has 0 bridgehead atoms. The topological polar surface area (TPSA) is 46.1 Å². The fraction of sp³-hybridized carbons (Fsp3) is 0.389. The molecule has 1 aromatic carbocycles. The van der Waals surface area contributed by atoms with E-state index in [-0.39, 0.29) is 5.91 Å². The molecule has 0 N–H and O–H groups in total. The van der Waals surface area contributed by atoms with E-state index in [9.17, 15) is 4.79 Å². The molecule has 1 fully saturated rings. The van der Waals surface area contributed by atoms with Crippen LogP contribution in [-0.2, 0) is 4.79 Å². The van der Waals surface area contributed by atoms with Crippen molar-refractivity contribution in [3.8, 4) is 11.3 Å². The smallest absolute Gasteiger partial charge is 0.232 e. The van der Waals surface area contributed by atoms with Gasteiger partial charge in [-0.2, -0.15) is 0 Å². The van der Waals surface area contributed by atoms with Crippen molar-refractivity contribution in [3.05, 3.63) is 40.9 Å². The quantitative estimate of drug-likeness (QED) is 0.707. The van der Waals surface area contributed by atoms with Gasteiger partial charge >= 0.3 is 0 Å². The highest BCUT2D eigenvalue weighted by atomic mass is 79.9. The fourth-order valence-electron chi connectivity index (χ4n) is 2.72. The Morgan fingerprint density at radius 2 is 1.71 bits per heavy atom. The summed E-state index contributed by atoms with van der Waals surface area (Å²) in [6.07, 6.45) is 4.72. The van der Waals surface area contributed by atoms with E-state index in [0.29, 0.717) is 5.75 Å². The van der Waals surface area contributed by atoms with Crippen LogP contribution in [-0.4, -0.2) is 39.8 Å². The van der Waals surface area contributed by atoms with Crippen LogP contribution in [0, 0.1) is 0 Å². The number of hydrogen-bond donors (Lipinski definition) is 0. The molecule has 2 aromatic rings. The Bertz CT molecular complexity index is 668. The summed E-state index contributed by atoms with van der Waals surface area (Å²) in [5.74, 6) is 0.646. The number of carbonyl (C=O) groups excluding carboxylic acids is 1. The zero-order valence-electron chi connectivity index (χ0n) is 13.4. The van der Waals surface area contributed by atoms with E-state index in [1.165, 1.54) is 24.6 Å². The predicted octanol–water partition coefficient (Wildman–Crippen LogP) is 4.40. The number of thioether (sulfide) groups is 1. The molecule has 0 saturated carbocycles. The third kappa shape index (κ3) is 4.80. The molecule has 4 nitrogen and oxygen atoms in total. The van der Waals surface area contributed by atoms with Crippen LogP contribution in [0.3, 0.4) is 0 Å². The molecule has 0 unspecified atom stereocenters. The maximum atomic E-state index is 12.3. The first kappa shape index (κ1) is 17.4. The lowest BCUT2D eigenvalue weighted by atomic mass is 10.1. The molecule has 1 saturated heterocycles. The van der Waals surface area contributed by atoms with Crippen LogP contribution in [0.15, 0.2) is 45.9 Å². The number of carbonyl (C=O) groups is 1. The fourth-order valence-corrected chi connectivity index (χ4v) is 3.70. The van der Waals surface area contributed by atoms with E-state index in [1.807, 2.05) is 41.3 Å². The largest absolute Gasteiger partial charge is 0.342 e. The van der Waals surface area contributed by atoms with Gasteiger partial charge in [-0.15, -0.1) is 10.2 Å². The third-order valence-electron chi connectivity index (χ3n) is 4.08. The summed E-state index contributed by atoms with van der Waals surface area (Å²) in [4.78, 5) is 14.3. The normalized spacial score (nSPS) is 15.1. The van der Waals surface area contributed by atoms with Crippen molar-refractivity contribution >= 4 is 33.6 Å². The van der Waals surface area contributed by atoms with Crippen molar-refractivity contribution < 1.29 is 4.79 Å². The van der Waals surface area contributed by atoms with Gasteiger partial charge < -0.3 is 4.90 Å². The van der Waals surface area contributed by atoms with Gasteiger partial charge in [-0.1, -0.05) is 52.7 Å². The van der Waals surface area contributed by atoms with E-state index in [4.69, 9.17) is 0 Å². The molecule has 1 aliphatic heterocycles. The van der Waals surface area contributed by atoms with Gasteiger partial charge in [0.05, 0.1) is 11.4 Å². The second-order valence-corrected chi connectivity index (χ2v) is 7.76. The molecule has 24 heavy (non-hydrogen) atoms. The van der Waals surface area contributed by atoms with Crippen molar-refractivity contribution in [2.75, 3.05) is 18.8 Å². The summed E-state index contributed by atoms with van der Waals surface area (Å²) in [6.45, 7) is 1.79. The summed E-state index contributed by atoms with van der Waals surface area (Å²) in [5, 5.41) is 9.31. The molecule has 0 radical (unpaired) electrons. The van der Waals surface area contributed by atoms with Gasteiger partial charge in [0.2, 0.25) is 5.91 Å². The van der Waals surface area contributed by atoms with Gasteiger partial charge in [-0.25, -0.2) is 0 Å². The van der Waals surface area contributed by atoms with Crippen LogP contribution in [0.2, 0.25) is 0 Å². The van der Waals surface area contributed by atoms with Gasteiger partial charge in [0.15, 0.2) is 0 Å². The Morgan fingerprint density at radius 3 is 2.33 bits per heavy atom. The molecule has 0 spiro atoms. The Kier molecular flexibility index (Phi) is 6.26. The number of hydrogen-bond acceptors (Lipinski definition) is 4. The van der Waals surface area contributed by atoms with Crippen LogP contribution in [0.4, 0.5) is 0 Å². The van der Waals surface area contributed by atoms with Gasteiger partial charge in [0.25, 0.3) is 0 Å². The number of aromatic nitrogens is 2. The zero-order chi connectivity index (χ0) is 16.8. The number of likely N-dealkylation sites (tertiary alicyclic amines) is 1. The Hall–Kier alpha value is -1.40. The molecule has 3 rings (SSSR count). The molecular weight excluding hydrogens is 386 g/mol. The highest BCUT2D eigenvalue weighted by molar-refractivity contribution is 9.10. The van der Waals surface area contributed by atoms with E-state index in [0.717, 1.165) is 46.7 Å². The summed E-state index contributed by atoms with van der Waals surface area (Å²) < 4.78 is 1.04. The standard InChI is InChI=1S/C18H20BrN3OS/c19-15-7-5-14(6-8-15)16-9-10-17(21-20-16)24-13-18(23)22-11-3-1-2-4-12-22/h5-10H,1-4,11-13H2. The highest BCUT2D eigenvalue weighted by Crippen LogP contribution is 2.22. The molecule has 1 aromatic heterocycles. The zero-order valence-corrected chi connectivity index (χ0v) is 15.9. The number of amides is 1. The van der Waals surface area contributed by atoms with Crippen molar-refractivity contribution in [3.63, 3.8) is 0 Å². The Balaban J connectivity index is 1.56. The highest BCUT2D eigenvalue weighted by Gasteiger charge is 2.15. The molecular formula is C18H20BrN3OS. The van der Waals surface area contributed by atoms with Crippen LogP contribution < -0.4 is 0 Å². The number of benzene rings is 1. The summed E-state index contributed by atoms with van der Waals surface area (Å²) in [7, 11) is 0. The van der Waals surface area contributed by atoms with Crippen molar-refractivity contribution in [1.82, 2.24) is 15.1 Å². The molecule has 1 aliphatic rings. The van der Waals surface area contributed by atoms with Gasteiger partial charge in [0.1, 0.15) is 5.03 Å². The van der Waals surface area contributed by atoms with Crippen LogP contribution in [0.25, 0.3) is 11.3 Å². The number of rotatable bonds is 4. The summed E-state index contributed by atoms with van der Waals surface area (Å²) in [6, 6.07) is 11.9. The first-order chi connectivity index (χ1) is 11.7. The van der Waals surface area contributed by atoms with E-state index >= 15 is 0 Å². The minimum Gasteiger partial charge on any atom is -0.342 e. The average molecular weight is 406 g/mol. The van der Waals surface area contributed by atoms with Crippen LogP contribution in [0.5, 0.6) is 0 Å². The second-order valence-electron chi connectivity index (χ2n) is 5.85. The maximum absolute atomic E-state index is 12.3. The average Bonchev–Trinajstić information content (AvgIpc) is 2.90. The lowest BCUT2D eigenvalue weighted by molar-refractivity contribution is -0.128. The maximum Gasteiger partial charge on any atom is 0.232 e. The third-order valence-corrected chi connectivity index (χ3v) is 5.52. The van der Waals surface area contributed by atoms with Gasteiger partial charge in [0, 0.05) is 23.1 Å². The summed E-state index contributed by atoms with van der Waals surface area (Å²) in [5.41, 5.74) is 1.87. The molecule has 0 atom stereocenters. The first-order valence-corrected chi connectivity index (χ1v) is 10.0. The minimum atomic E-state index is 0.209. The minimum absolute atomic E-state index is 0.209. The lowest BCUT2D eigenvalue weighted by Crippen LogP contribution is -2.33. The monoisotopic (exact) mass is 405 g/mol. The second kappa shape index (κ2) is 8.62. The van der Waals surface area contributed by atoms with E-state index in [1.54, 1.807) is 0 Å². The van der Waals surface area contributed by atoms with Crippen LogP contribution >= 0.6 is 27.7 Å².